The minimum Gasteiger partial charge on any atom is -0.288 e. The summed E-state index contributed by atoms with van der Waals surface area (Å²) < 4.78 is 0. The fourth-order valence-corrected chi connectivity index (χ4v) is 4.25. The van der Waals surface area contributed by atoms with Gasteiger partial charge in [0.05, 0.1) is 4.91 Å². The Bertz CT molecular complexity index is 845. The van der Waals surface area contributed by atoms with Gasteiger partial charge in [-0.3, -0.25) is 4.79 Å². The predicted molar refractivity (Wildman–Crippen MR) is 86.4 cm³/mol. The number of thiophene rings is 1. The van der Waals surface area contributed by atoms with Crippen LogP contribution in [0.25, 0.3) is 16.8 Å². The first kappa shape index (κ1) is 11.9. The Morgan fingerprint density at radius 2 is 1.85 bits per heavy atom. The monoisotopic (exact) mass is 294 g/mol. The van der Waals surface area contributed by atoms with Crippen LogP contribution in [0, 0.1) is 0 Å². The lowest BCUT2D eigenvalue weighted by Gasteiger charge is -2.01. The molecule has 0 bridgehead atoms. The molecule has 0 aliphatic carbocycles. The summed E-state index contributed by atoms with van der Waals surface area (Å²) in [6.07, 6.45) is 1.99. The Kier molecular flexibility index (Phi) is 2.76. The van der Waals surface area contributed by atoms with Gasteiger partial charge in [-0.25, -0.2) is 0 Å². The zero-order valence-electron chi connectivity index (χ0n) is 10.5. The molecule has 2 heterocycles. The SMILES string of the molecule is O=C1C(=Cc2cccs2)Sc2ccc3ccccc3c21. The molecule has 20 heavy (non-hydrogen) atoms. The fraction of sp³-hybridized carbons (Fsp3) is 0. The van der Waals surface area contributed by atoms with Crippen molar-refractivity contribution >= 4 is 45.7 Å². The van der Waals surface area contributed by atoms with Crippen molar-refractivity contribution in [3.05, 3.63) is 69.3 Å². The smallest absolute Gasteiger partial charge is 0.201 e. The maximum atomic E-state index is 12.7. The van der Waals surface area contributed by atoms with Crippen LogP contribution >= 0.6 is 23.1 Å². The zero-order valence-corrected chi connectivity index (χ0v) is 12.1. The average molecular weight is 294 g/mol. The van der Waals surface area contributed by atoms with Crippen molar-refractivity contribution in [3.63, 3.8) is 0 Å². The highest BCUT2D eigenvalue weighted by Crippen LogP contribution is 2.44. The third kappa shape index (κ3) is 1.82. The number of Topliss-reactive ketones (excluding diaryl/α,β-unsaturated/α-hetero) is 1. The normalized spacial score (nSPS) is 16.0. The number of carbonyl (C=O) groups excluding carboxylic acids is 1. The van der Waals surface area contributed by atoms with E-state index in [1.807, 2.05) is 41.8 Å². The Hall–Kier alpha value is -1.84. The summed E-state index contributed by atoms with van der Waals surface area (Å²) >= 11 is 3.23. The van der Waals surface area contributed by atoms with Crippen LogP contribution in [-0.4, -0.2) is 5.78 Å². The van der Waals surface area contributed by atoms with Crippen LogP contribution in [0.5, 0.6) is 0 Å². The third-order valence-corrected chi connectivity index (χ3v) is 5.28. The van der Waals surface area contributed by atoms with Crippen molar-refractivity contribution in [2.75, 3.05) is 0 Å². The summed E-state index contributed by atoms with van der Waals surface area (Å²) in [5.74, 6) is 0.148. The number of rotatable bonds is 1. The van der Waals surface area contributed by atoms with Crippen molar-refractivity contribution in [2.45, 2.75) is 4.90 Å². The van der Waals surface area contributed by atoms with Crippen molar-refractivity contribution in [1.82, 2.24) is 0 Å². The molecule has 1 nitrogen and oxygen atoms in total. The number of allylic oxidation sites excluding steroid dienone is 1. The molecule has 3 heteroatoms. The Morgan fingerprint density at radius 3 is 2.70 bits per heavy atom. The molecule has 0 spiro atoms. The maximum absolute atomic E-state index is 12.7. The summed E-state index contributed by atoms with van der Waals surface area (Å²) in [5.41, 5.74) is 0.857. The molecule has 0 atom stereocenters. The predicted octanol–water partition coefficient (Wildman–Crippen LogP) is 5.23. The summed E-state index contributed by atoms with van der Waals surface area (Å²) in [4.78, 5) is 15.7. The van der Waals surface area contributed by atoms with Gasteiger partial charge < -0.3 is 0 Å². The molecule has 2 aromatic carbocycles. The number of benzene rings is 2. The Morgan fingerprint density at radius 1 is 0.950 bits per heavy atom. The largest absolute Gasteiger partial charge is 0.288 e. The van der Waals surface area contributed by atoms with E-state index in [0.29, 0.717) is 0 Å². The molecule has 3 aromatic rings. The molecule has 1 aromatic heterocycles. The minimum atomic E-state index is 0.148. The summed E-state index contributed by atoms with van der Waals surface area (Å²) in [5, 5.41) is 4.20. The topological polar surface area (TPSA) is 17.1 Å². The van der Waals surface area contributed by atoms with Crippen LogP contribution in [0.15, 0.2) is 63.7 Å². The highest BCUT2D eigenvalue weighted by molar-refractivity contribution is 8.05. The molecule has 96 valence electrons. The lowest BCUT2D eigenvalue weighted by atomic mass is 10.0. The van der Waals surface area contributed by atoms with E-state index in [1.165, 1.54) is 0 Å². The summed E-state index contributed by atoms with van der Waals surface area (Å²) in [6.45, 7) is 0. The van der Waals surface area contributed by atoms with Crippen LogP contribution in [0.1, 0.15) is 15.2 Å². The van der Waals surface area contributed by atoms with Crippen molar-refractivity contribution in [2.24, 2.45) is 0 Å². The first-order valence-corrected chi connectivity index (χ1v) is 8.02. The van der Waals surface area contributed by atoms with Gasteiger partial charge in [0.2, 0.25) is 5.78 Å². The quantitative estimate of drug-likeness (QED) is 0.572. The van der Waals surface area contributed by atoms with E-state index >= 15 is 0 Å². The second kappa shape index (κ2) is 4.62. The molecule has 0 saturated carbocycles. The van der Waals surface area contributed by atoms with E-state index in [2.05, 4.69) is 18.2 Å². The second-order valence-corrected chi connectivity index (χ2v) is 6.68. The van der Waals surface area contributed by atoms with E-state index < -0.39 is 0 Å². The van der Waals surface area contributed by atoms with Gasteiger partial charge in [-0.15, -0.1) is 11.3 Å². The minimum absolute atomic E-state index is 0.148. The first-order chi connectivity index (χ1) is 9.83. The zero-order chi connectivity index (χ0) is 13.5. The fourth-order valence-electron chi connectivity index (χ4n) is 2.46. The number of fused-ring (bicyclic) bond motifs is 3. The molecule has 1 aliphatic rings. The van der Waals surface area contributed by atoms with Crippen LogP contribution in [0.3, 0.4) is 0 Å². The maximum Gasteiger partial charge on any atom is 0.201 e. The summed E-state index contributed by atoms with van der Waals surface area (Å²) in [6, 6.07) is 16.2. The second-order valence-electron chi connectivity index (χ2n) is 4.62. The average Bonchev–Trinajstić information content (AvgIpc) is 3.08. The molecule has 0 saturated heterocycles. The first-order valence-electron chi connectivity index (χ1n) is 6.32. The van der Waals surface area contributed by atoms with Crippen LogP contribution in [0.4, 0.5) is 0 Å². The number of hydrogen-bond donors (Lipinski definition) is 0. The van der Waals surface area contributed by atoms with Crippen LogP contribution < -0.4 is 0 Å². The van der Waals surface area contributed by atoms with Crippen molar-refractivity contribution in [3.8, 4) is 0 Å². The Balaban J connectivity index is 1.89. The molecule has 0 amide bonds. The van der Waals surface area contributed by atoms with E-state index in [4.69, 9.17) is 0 Å². The lowest BCUT2D eigenvalue weighted by Crippen LogP contribution is -1.95. The van der Waals surface area contributed by atoms with Crippen LogP contribution in [0.2, 0.25) is 0 Å². The van der Waals surface area contributed by atoms with E-state index in [0.717, 1.165) is 31.0 Å². The third-order valence-electron chi connectivity index (χ3n) is 3.38. The highest BCUT2D eigenvalue weighted by Gasteiger charge is 2.27. The summed E-state index contributed by atoms with van der Waals surface area (Å²) in [7, 11) is 0. The van der Waals surface area contributed by atoms with Gasteiger partial charge in [-0.2, -0.15) is 0 Å². The van der Waals surface area contributed by atoms with Crippen molar-refractivity contribution < 1.29 is 4.79 Å². The van der Waals surface area contributed by atoms with Gasteiger partial charge in [-0.1, -0.05) is 48.2 Å². The van der Waals surface area contributed by atoms with Crippen molar-refractivity contribution in [1.29, 1.82) is 0 Å². The molecule has 0 fully saturated rings. The van der Waals surface area contributed by atoms with E-state index in [-0.39, 0.29) is 5.78 Å². The highest BCUT2D eigenvalue weighted by atomic mass is 32.2. The molecule has 0 radical (unpaired) electrons. The molecular weight excluding hydrogens is 284 g/mol. The lowest BCUT2D eigenvalue weighted by molar-refractivity contribution is 0.104. The Labute approximate surface area is 124 Å². The number of ketones is 1. The van der Waals surface area contributed by atoms with Gasteiger partial charge in [0.25, 0.3) is 0 Å². The molecular formula is C17H10OS2. The van der Waals surface area contributed by atoms with E-state index in [1.54, 1.807) is 23.1 Å². The van der Waals surface area contributed by atoms with Gasteiger partial charge in [0.1, 0.15) is 0 Å². The van der Waals surface area contributed by atoms with Gasteiger partial charge in [0.15, 0.2) is 0 Å². The molecule has 1 aliphatic heterocycles. The van der Waals surface area contributed by atoms with Crippen LogP contribution in [-0.2, 0) is 0 Å². The molecule has 0 N–H and O–H groups in total. The number of hydrogen-bond acceptors (Lipinski definition) is 3. The van der Waals surface area contributed by atoms with E-state index in [9.17, 15) is 4.79 Å². The van der Waals surface area contributed by atoms with Gasteiger partial charge in [-0.05, 0) is 34.4 Å². The molecule has 0 unspecified atom stereocenters. The number of thioether (sulfide) groups is 1. The van der Waals surface area contributed by atoms with Gasteiger partial charge in [0, 0.05) is 15.3 Å². The molecule has 4 rings (SSSR count). The number of carbonyl (C=O) groups is 1. The van der Waals surface area contributed by atoms with Gasteiger partial charge >= 0.3 is 0 Å². The standard InChI is InChI=1S/C17H10OS2/c18-17-15(10-12-5-3-9-19-12)20-14-8-7-11-4-1-2-6-13(11)16(14)17/h1-10H.